The van der Waals surface area contributed by atoms with E-state index in [0.717, 1.165) is 22.9 Å². The Kier molecular flexibility index (Phi) is 7.66. The third-order valence-electron chi connectivity index (χ3n) is 4.99. The summed E-state index contributed by atoms with van der Waals surface area (Å²) in [6.07, 6.45) is 2.28. The molecule has 0 spiro atoms. The molecule has 0 N–H and O–H groups in total. The van der Waals surface area contributed by atoms with E-state index in [0.29, 0.717) is 44.3 Å². The van der Waals surface area contributed by atoms with Gasteiger partial charge in [0.1, 0.15) is 12.4 Å². The molecule has 4 nitrogen and oxygen atoms in total. The van der Waals surface area contributed by atoms with E-state index >= 15 is 0 Å². The van der Waals surface area contributed by atoms with Crippen LogP contribution in [0.25, 0.3) is 6.08 Å². The lowest BCUT2D eigenvalue weighted by molar-refractivity contribution is -0.122. The highest BCUT2D eigenvalue weighted by Gasteiger charge is 2.34. The van der Waals surface area contributed by atoms with Crippen LogP contribution in [-0.2, 0) is 17.8 Å². The average Bonchev–Trinajstić information content (AvgIpc) is 3.05. The monoisotopic (exact) mass is 517 g/mol. The summed E-state index contributed by atoms with van der Waals surface area (Å²) in [7, 11) is 0. The number of hydrogen-bond acceptors (Lipinski definition) is 4. The normalized spacial score (nSPS) is 14.9. The number of amides is 2. The Bertz CT molecular complexity index is 1230. The van der Waals surface area contributed by atoms with Crippen molar-refractivity contribution in [1.29, 1.82) is 0 Å². The Balaban J connectivity index is 1.41. The van der Waals surface area contributed by atoms with Crippen LogP contribution in [-0.4, -0.2) is 22.6 Å². The minimum absolute atomic E-state index is 0.232. The third kappa shape index (κ3) is 5.92. The minimum Gasteiger partial charge on any atom is -0.487 e. The molecule has 1 aliphatic rings. The second kappa shape index (κ2) is 10.7. The summed E-state index contributed by atoms with van der Waals surface area (Å²) >= 11 is 19.4. The number of rotatable bonds is 7. The average molecular weight is 519 g/mol. The molecule has 1 saturated heterocycles. The van der Waals surface area contributed by atoms with Crippen LogP contribution in [0.3, 0.4) is 0 Å². The van der Waals surface area contributed by atoms with Crippen LogP contribution in [0.5, 0.6) is 5.75 Å². The fourth-order valence-corrected chi connectivity index (χ4v) is 4.82. The zero-order chi connectivity index (χ0) is 23.4. The van der Waals surface area contributed by atoms with Crippen LogP contribution in [0, 0.1) is 0 Å². The van der Waals surface area contributed by atoms with Gasteiger partial charge in [0, 0.05) is 22.2 Å². The molecule has 1 aliphatic heterocycles. The maximum absolute atomic E-state index is 12.7. The van der Waals surface area contributed by atoms with Crippen molar-refractivity contribution < 1.29 is 14.3 Å². The summed E-state index contributed by atoms with van der Waals surface area (Å²) in [5, 5.41) is 1.18. The molecule has 0 radical (unpaired) electrons. The zero-order valence-electron chi connectivity index (χ0n) is 17.3. The molecule has 0 atom stereocenters. The van der Waals surface area contributed by atoms with E-state index < -0.39 is 0 Å². The van der Waals surface area contributed by atoms with E-state index in [2.05, 4.69) is 0 Å². The molecular formula is C25H18Cl3NO3S. The topological polar surface area (TPSA) is 46.6 Å². The fraction of sp³-hybridized carbons (Fsp3) is 0.120. The van der Waals surface area contributed by atoms with Crippen molar-refractivity contribution in [3.63, 3.8) is 0 Å². The molecule has 168 valence electrons. The quantitative estimate of drug-likeness (QED) is 0.304. The molecule has 33 heavy (non-hydrogen) atoms. The highest BCUT2D eigenvalue weighted by molar-refractivity contribution is 8.18. The van der Waals surface area contributed by atoms with Crippen molar-refractivity contribution in [3.05, 3.63) is 103 Å². The molecule has 2 amide bonds. The van der Waals surface area contributed by atoms with Crippen LogP contribution in [0.1, 0.15) is 16.7 Å². The molecule has 1 fully saturated rings. The Labute approximate surface area is 211 Å². The molecule has 0 saturated carbocycles. The number of imide groups is 1. The number of ether oxygens (including phenoxy) is 1. The highest BCUT2D eigenvalue weighted by atomic mass is 35.5. The van der Waals surface area contributed by atoms with Crippen molar-refractivity contribution in [2.75, 3.05) is 6.54 Å². The Morgan fingerprint density at radius 1 is 0.909 bits per heavy atom. The molecule has 0 aromatic heterocycles. The summed E-state index contributed by atoms with van der Waals surface area (Å²) in [5.41, 5.74) is 2.55. The van der Waals surface area contributed by atoms with Gasteiger partial charge in [0.2, 0.25) is 0 Å². The largest absolute Gasteiger partial charge is 0.487 e. The smallest absolute Gasteiger partial charge is 0.293 e. The first-order valence-electron chi connectivity index (χ1n) is 10.1. The van der Waals surface area contributed by atoms with Crippen LogP contribution >= 0.6 is 46.6 Å². The molecule has 1 heterocycles. The summed E-state index contributed by atoms with van der Waals surface area (Å²) in [6.45, 7) is 0.572. The molecule has 0 bridgehead atoms. The van der Waals surface area contributed by atoms with Gasteiger partial charge in [0.05, 0.1) is 9.93 Å². The van der Waals surface area contributed by atoms with Crippen LogP contribution in [0.2, 0.25) is 15.1 Å². The minimum atomic E-state index is -0.297. The first-order valence-corrected chi connectivity index (χ1v) is 12.0. The SMILES string of the molecule is O=C1S/C(=C\c2ccc(OCc3ccc(Cl)cc3Cl)c(Cl)c2)C(=O)N1CCc1ccccc1. The number of nitrogens with zero attached hydrogens (tertiary/aromatic N) is 1. The van der Waals surface area contributed by atoms with Crippen LogP contribution in [0.15, 0.2) is 71.6 Å². The van der Waals surface area contributed by atoms with E-state index in [1.54, 1.807) is 42.5 Å². The lowest BCUT2D eigenvalue weighted by Gasteiger charge is -2.12. The lowest BCUT2D eigenvalue weighted by Crippen LogP contribution is -2.30. The van der Waals surface area contributed by atoms with Gasteiger partial charge in [-0.25, -0.2) is 0 Å². The van der Waals surface area contributed by atoms with Gasteiger partial charge in [0.15, 0.2) is 0 Å². The predicted octanol–water partition coefficient (Wildman–Crippen LogP) is 7.50. The van der Waals surface area contributed by atoms with E-state index in [1.807, 2.05) is 30.3 Å². The van der Waals surface area contributed by atoms with Gasteiger partial charge < -0.3 is 4.74 Å². The Morgan fingerprint density at radius 3 is 2.42 bits per heavy atom. The summed E-state index contributed by atoms with van der Waals surface area (Å²) < 4.78 is 5.78. The van der Waals surface area contributed by atoms with Gasteiger partial charge in [-0.05, 0) is 59.7 Å². The van der Waals surface area contributed by atoms with Gasteiger partial charge in [0.25, 0.3) is 11.1 Å². The van der Waals surface area contributed by atoms with E-state index in [4.69, 9.17) is 39.5 Å². The molecule has 0 aliphatic carbocycles. The number of thioether (sulfide) groups is 1. The first kappa shape index (κ1) is 23.7. The van der Waals surface area contributed by atoms with Crippen molar-refractivity contribution in [2.24, 2.45) is 0 Å². The Hall–Kier alpha value is -2.44. The highest BCUT2D eigenvalue weighted by Crippen LogP contribution is 2.34. The maximum atomic E-state index is 12.7. The second-order valence-electron chi connectivity index (χ2n) is 7.28. The van der Waals surface area contributed by atoms with E-state index in [1.165, 1.54) is 4.90 Å². The summed E-state index contributed by atoms with van der Waals surface area (Å²) in [5.74, 6) is 0.186. The number of halogens is 3. The van der Waals surface area contributed by atoms with Gasteiger partial charge >= 0.3 is 0 Å². The van der Waals surface area contributed by atoms with Crippen LogP contribution in [0.4, 0.5) is 4.79 Å². The van der Waals surface area contributed by atoms with Crippen molar-refractivity contribution in [1.82, 2.24) is 4.90 Å². The zero-order valence-corrected chi connectivity index (χ0v) is 20.3. The van der Waals surface area contributed by atoms with E-state index in [9.17, 15) is 9.59 Å². The van der Waals surface area contributed by atoms with Gasteiger partial charge in [-0.15, -0.1) is 0 Å². The first-order chi connectivity index (χ1) is 15.9. The van der Waals surface area contributed by atoms with Crippen LogP contribution < -0.4 is 4.74 Å². The molecule has 4 rings (SSSR count). The van der Waals surface area contributed by atoms with Gasteiger partial charge in [-0.1, -0.05) is 77.3 Å². The van der Waals surface area contributed by atoms with Crippen molar-refractivity contribution in [2.45, 2.75) is 13.0 Å². The molecule has 3 aromatic carbocycles. The van der Waals surface area contributed by atoms with Crippen molar-refractivity contribution >= 4 is 63.8 Å². The molecular weight excluding hydrogens is 501 g/mol. The van der Waals surface area contributed by atoms with E-state index in [-0.39, 0.29) is 17.8 Å². The fourth-order valence-electron chi connectivity index (χ4n) is 3.25. The van der Waals surface area contributed by atoms with Crippen molar-refractivity contribution in [3.8, 4) is 5.75 Å². The molecule has 0 unspecified atom stereocenters. The summed E-state index contributed by atoms with van der Waals surface area (Å²) in [4.78, 5) is 26.7. The predicted molar refractivity (Wildman–Crippen MR) is 135 cm³/mol. The number of carbonyl (C=O) groups excluding carboxylic acids is 2. The standard InChI is InChI=1S/C25H18Cl3NO3S/c26-19-8-7-18(20(27)14-19)15-32-22-9-6-17(12-21(22)28)13-23-24(30)29(25(31)33-23)11-10-16-4-2-1-3-5-16/h1-9,12-14H,10-11,15H2/b23-13-. The number of benzene rings is 3. The maximum Gasteiger partial charge on any atom is 0.293 e. The Morgan fingerprint density at radius 2 is 1.70 bits per heavy atom. The molecule has 8 heteroatoms. The lowest BCUT2D eigenvalue weighted by atomic mass is 10.1. The number of carbonyl (C=O) groups is 2. The molecule has 3 aromatic rings. The second-order valence-corrected chi connectivity index (χ2v) is 9.53. The van der Waals surface area contributed by atoms with Gasteiger partial charge in [-0.3, -0.25) is 14.5 Å². The van der Waals surface area contributed by atoms with Gasteiger partial charge in [-0.2, -0.15) is 0 Å². The summed E-state index contributed by atoms with van der Waals surface area (Å²) in [6, 6.07) is 20.1. The number of hydrogen-bond donors (Lipinski definition) is 0. The third-order valence-corrected chi connectivity index (χ3v) is 6.78.